The zero-order valence-electron chi connectivity index (χ0n) is 14.3. The fourth-order valence-corrected chi connectivity index (χ4v) is 3.04. The average molecular weight is 316 g/mol. The lowest BCUT2D eigenvalue weighted by atomic mass is 10.2. The molecule has 0 aromatic rings. The van der Waals surface area contributed by atoms with Crippen molar-refractivity contribution < 1.29 is 18.9 Å². The van der Waals surface area contributed by atoms with Crippen LogP contribution in [0.2, 0.25) is 0 Å². The van der Waals surface area contributed by atoms with Crippen molar-refractivity contribution in [1.82, 2.24) is 9.80 Å². The summed E-state index contributed by atoms with van der Waals surface area (Å²) in [5, 5.41) is 0. The van der Waals surface area contributed by atoms with Crippen LogP contribution in [0.1, 0.15) is 20.8 Å². The van der Waals surface area contributed by atoms with Crippen LogP contribution in [0.5, 0.6) is 0 Å². The number of morpholine rings is 2. The lowest BCUT2D eigenvalue weighted by molar-refractivity contribution is -0.142. The summed E-state index contributed by atoms with van der Waals surface area (Å²) in [5.41, 5.74) is 0. The van der Waals surface area contributed by atoms with E-state index in [4.69, 9.17) is 18.9 Å². The fraction of sp³-hybridized carbons (Fsp3) is 1.00. The molecule has 2 fully saturated rings. The molecule has 22 heavy (non-hydrogen) atoms. The topological polar surface area (TPSA) is 43.4 Å². The Kier molecular flexibility index (Phi) is 8.06. The van der Waals surface area contributed by atoms with Crippen LogP contribution < -0.4 is 0 Å². The average Bonchev–Trinajstić information content (AvgIpc) is 2.47. The Morgan fingerprint density at radius 1 is 0.955 bits per heavy atom. The SMILES string of the molecule is CC1CN(CCOC(C)OCCN2CCOCC2)CC(C)O1. The lowest BCUT2D eigenvalue weighted by Crippen LogP contribution is -2.46. The molecule has 0 radical (unpaired) electrons. The van der Waals surface area contributed by atoms with Crippen molar-refractivity contribution in [1.29, 1.82) is 0 Å². The molecule has 3 unspecified atom stereocenters. The van der Waals surface area contributed by atoms with Crippen LogP contribution in [-0.4, -0.2) is 94.0 Å². The molecule has 0 aromatic heterocycles. The summed E-state index contributed by atoms with van der Waals surface area (Å²) >= 11 is 0. The summed E-state index contributed by atoms with van der Waals surface area (Å²) in [6.45, 7) is 15.2. The van der Waals surface area contributed by atoms with Gasteiger partial charge in [-0.2, -0.15) is 0 Å². The van der Waals surface area contributed by atoms with E-state index in [1.165, 1.54) is 0 Å². The second kappa shape index (κ2) is 9.80. The van der Waals surface area contributed by atoms with Crippen molar-refractivity contribution >= 4 is 0 Å². The molecule has 0 amide bonds. The van der Waals surface area contributed by atoms with E-state index in [2.05, 4.69) is 23.6 Å². The van der Waals surface area contributed by atoms with Crippen LogP contribution in [0.25, 0.3) is 0 Å². The Labute approximate surface area is 134 Å². The minimum absolute atomic E-state index is 0.142. The van der Waals surface area contributed by atoms with Gasteiger partial charge >= 0.3 is 0 Å². The van der Waals surface area contributed by atoms with Gasteiger partial charge in [-0.3, -0.25) is 9.80 Å². The number of ether oxygens (including phenoxy) is 4. The summed E-state index contributed by atoms with van der Waals surface area (Å²) in [5.74, 6) is 0. The monoisotopic (exact) mass is 316 g/mol. The van der Waals surface area contributed by atoms with Crippen molar-refractivity contribution in [3.8, 4) is 0 Å². The lowest BCUT2D eigenvalue weighted by Gasteiger charge is -2.35. The first kappa shape index (κ1) is 18.1. The molecule has 0 bridgehead atoms. The van der Waals surface area contributed by atoms with Crippen LogP contribution >= 0.6 is 0 Å². The fourth-order valence-electron chi connectivity index (χ4n) is 3.04. The molecule has 0 aromatic carbocycles. The van der Waals surface area contributed by atoms with Gasteiger partial charge in [-0.25, -0.2) is 0 Å². The van der Waals surface area contributed by atoms with Gasteiger partial charge in [0.25, 0.3) is 0 Å². The van der Waals surface area contributed by atoms with Gasteiger partial charge in [0, 0.05) is 39.3 Å². The van der Waals surface area contributed by atoms with Crippen LogP contribution in [0.3, 0.4) is 0 Å². The van der Waals surface area contributed by atoms with Gasteiger partial charge in [-0.05, 0) is 20.8 Å². The molecule has 0 aliphatic carbocycles. The van der Waals surface area contributed by atoms with E-state index in [9.17, 15) is 0 Å². The number of nitrogens with zero attached hydrogens (tertiary/aromatic N) is 2. The molecule has 0 spiro atoms. The van der Waals surface area contributed by atoms with Gasteiger partial charge in [0.1, 0.15) is 0 Å². The minimum Gasteiger partial charge on any atom is -0.379 e. The molecule has 2 aliphatic rings. The molecule has 2 saturated heterocycles. The van der Waals surface area contributed by atoms with E-state index in [0.29, 0.717) is 25.4 Å². The molecule has 0 N–H and O–H groups in total. The minimum atomic E-state index is -0.142. The van der Waals surface area contributed by atoms with E-state index >= 15 is 0 Å². The van der Waals surface area contributed by atoms with Crippen LogP contribution in [0.4, 0.5) is 0 Å². The van der Waals surface area contributed by atoms with Gasteiger partial charge in [-0.15, -0.1) is 0 Å². The van der Waals surface area contributed by atoms with Crippen molar-refractivity contribution in [2.75, 3.05) is 65.7 Å². The molecule has 2 rings (SSSR count). The number of hydrogen-bond donors (Lipinski definition) is 0. The van der Waals surface area contributed by atoms with E-state index in [-0.39, 0.29) is 6.29 Å². The van der Waals surface area contributed by atoms with Crippen LogP contribution in [0, 0.1) is 0 Å². The van der Waals surface area contributed by atoms with Gasteiger partial charge < -0.3 is 18.9 Å². The summed E-state index contributed by atoms with van der Waals surface area (Å²) in [6, 6.07) is 0. The Bertz CT molecular complexity index is 290. The van der Waals surface area contributed by atoms with Crippen molar-refractivity contribution in [2.45, 2.75) is 39.3 Å². The third-order valence-electron chi connectivity index (χ3n) is 4.12. The number of hydrogen-bond acceptors (Lipinski definition) is 6. The smallest absolute Gasteiger partial charge is 0.154 e. The molecule has 2 aliphatic heterocycles. The quantitative estimate of drug-likeness (QED) is 0.617. The first-order valence-electron chi connectivity index (χ1n) is 8.54. The van der Waals surface area contributed by atoms with Crippen molar-refractivity contribution in [2.24, 2.45) is 0 Å². The Morgan fingerprint density at radius 2 is 1.50 bits per heavy atom. The molecular formula is C16H32N2O4. The van der Waals surface area contributed by atoms with Crippen LogP contribution in [-0.2, 0) is 18.9 Å². The predicted octanol–water partition coefficient (Wildman–Crippen LogP) is 0.807. The molecule has 130 valence electrons. The predicted molar refractivity (Wildman–Crippen MR) is 85.1 cm³/mol. The Morgan fingerprint density at radius 3 is 2.09 bits per heavy atom. The van der Waals surface area contributed by atoms with Gasteiger partial charge in [0.2, 0.25) is 0 Å². The third kappa shape index (κ3) is 6.89. The zero-order valence-corrected chi connectivity index (χ0v) is 14.3. The molecular weight excluding hydrogens is 284 g/mol. The molecule has 6 nitrogen and oxygen atoms in total. The van der Waals surface area contributed by atoms with Crippen molar-refractivity contribution in [3.05, 3.63) is 0 Å². The van der Waals surface area contributed by atoms with Gasteiger partial charge in [0.15, 0.2) is 6.29 Å². The molecule has 6 heteroatoms. The standard InChI is InChI=1S/C16H32N2O4/c1-14-12-18(13-15(2)22-14)7-11-21-16(3)20-10-6-17-4-8-19-9-5-17/h14-16H,4-13H2,1-3H3. The Hall–Kier alpha value is -0.240. The maximum absolute atomic E-state index is 5.76. The summed E-state index contributed by atoms with van der Waals surface area (Å²) in [4.78, 5) is 4.77. The second-order valence-corrected chi connectivity index (χ2v) is 6.28. The first-order valence-corrected chi connectivity index (χ1v) is 8.54. The molecule has 3 atom stereocenters. The molecule has 2 heterocycles. The summed E-state index contributed by atoms with van der Waals surface area (Å²) in [7, 11) is 0. The highest BCUT2D eigenvalue weighted by Crippen LogP contribution is 2.10. The highest BCUT2D eigenvalue weighted by atomic mass is 16.7. The summed E-state index contributed by atoms with van der Waals surface area (Å²) in [6.07, 6.45) is 0.480. The normalized spacial score (nSPS) is 29.6. The maximum Gasteiger partial charge on any atom is 0.154 e. The van der Waals surface area contributed by atoms with E-state index in [0.717, 1.165) is 52.5 Å². The zero-order chi connectivity index (χ0) is 15.8. The van der Waals surface area contributed by atoms with Crippen molar-refractivity contribution in [3.63, 3.8) is 0 Å². The summed E-state index contributed by atoms with van der Waals surface area (Å²) < 4.78 is 22.6. The van der Waals surface area contributed by atoms with Gasteiger partial charge in [0.05, 0.1) is 38.6 Å². The maximum atomic E-state index is 5.76. The first-order chi connectivity index (χ1) is 10.6. The highest BCUT2D eigenvalue weighted by molar-refractivity contribution is 4.72. The second-order valence-electron chi connectivity index (χ2n) is 6.28. The molecule has 0 saturated carbocycles. The number of rotatable bonds is 8. The third-order valence-corrected chi connectivity index (χ3v) is 4.12. The van der Waals surface area contributed by atoms with E-state index in [1.54, 1.807) is 0 Å². The van der Waals surface area contributed by atoms with Crippen LogP contribution in [0.15, 0.2) is 0 Å². The van der Waals surface area contributed by atoms with E-state index < -0.39 is 0 Å². The van der Waals surface area contributed by atoms with E-state index in [1.807, 2.05) is 6.92 Å². The van der Waals surface area contributed by atoms with Gasteiger partial charge in [-0.1, -0.05) is 0 Å². The highest BCUT2D eigenvalue weighted by Gasteiger charge is 2.21. The Balaban J connectivity index is 1.49. The largest absolute Gasteiger partial charge is 0.379 e.